The second kappa shape index (κ2) is 8.18. The van der Waals surface area contributed by atoms with Crippen LogP contribution in [0.1, 0.15) is 12.0 Å². The number of hydrogen-bond acceptors (Lipinski definition) is 5. The van der Waals surface area contributed by atoms with Crippen molar-refractivity contribution in [3.63, 3.8) is 0 Å². The molecule has 3 aromatic heterocycles. The Morgan fingerprint density at radius 1 is 1.00 bits per heavy atom. The van der Waals surface area contributed by atoms with Crippen molar-refractivity contribution >= 4 is 5.78 Å². The van der Waals surface area contributed by atoms with Crippen LogP contribution in [-0.2, 0) is 13.0 Å². The van der Waals surface area contributed by atoms with Crippen molar-refractivity contribution in [3.8, 4) is 22.8 Å². The lowest BCUT2D eigenvalue weighted by molar-refractivity contribution is 0.398. The van der Waals surface area contributed by atoms with Gasteiger partial charge in [0.1, 0.15) is 11.5 Å². The van der Waals surface area contributed by atoms with Gasteiger partial charge in [0.25, 0.3) is 5.56 Å². The molecule has 7 nitrogen and oxygen atoms in total. The maximum absolute atomic E-state index is 12.5. The Bertz CT molecular complexity index is 1180. The zero-order valence-electron chi connectivity index (χ0n) is 16.4. The quantitative estimate of drug-likeness (QED) is 0.485. The van der Waals surface area contributed by atoms with Crippen LogP contribution in [0.2, 0.25) is 0 Å². The summed E-state index contributed by atoms with van der Waals surface area (Å²) >= 11 is 0. The molecule has 0 radical (unpaired) electrons. The third kappa shape index (κ3) is 3.85. The topological polar surface area (TPSA) is 70.7 Å². The van der Waals surface area contributed by atoms with Gasteiger partial charge in [-0.3, -0.25) is 14.2 Å². The number of imidazole rings is 1. The maximum atomic E-state index is 12.5. The number of benzene rings is 1. The molecule has 3 heterocycles. The molecule has 0 unspecified atom stereocenters. The summed E-state index contributed by atoms with van der Waals surface area (Å²) in [5, 5.41) is 0. The predicted octanol–water partition coefficient (Wildman–Crippen LogP) is 3.21. The molecule has 0 saturated heterocycles. The van der Waals surface area contributed by atoms with Crippen molar-refractivity contribution in [3.05, 3.63) is 77.1 Å². The highest BCUT2D eigenvalue weighted by molar-refractivity contribution is 5.59. The number of pyridine rings is 1. The molecule has 0 N–H and O–H groups in total. The largest absolute Gasteiger partial charge is 0.497 e. The van der Waals surface area contributed by atoms with E-state index < -0.39 is 0 Å². The van der Waals surface area contributed by atoms with Gasteiger partial charge in [-0.2, -0.15) is 0 Å². The Morgan fingerprint density at radius 2 is 1.83 bits per heavy atom. The van der Waals surface area contributed by atoms with Gasteiger partial charge in [-0.15, -0.1) is 0 Å². The molecule has 0 amide bonds. The van der Waals surface area contributed by atoms with Crippen molar-refractivity contribution in [2.24, 2.45) is 0 Å². The number of aromatic nitrogens is 4. The van der Waals surface area contributed by atoms with E-state index in [4.69, 9.17) is 14.5 Å². The molecule has 0 saturated carbocycles. The van der Waals surface area contributed by atoms with Crippen LogP contribution in [0.3, 0.4) is 0 Å². The smallest absolute Gasteiger partial charge is 0.259 e. The van der Waals surface area contributed by atoms with E-state index in [2.05, 4.69) is 4.98 Å². The molecule has 0 bridgehead atoms. The fourth-order valence-corrected chi connectivity index (χ4v) is 3.40. The first-order chi connectivity index (χ1) is 14.2. The van der Waals surface area contributed by atoms with Crippen molar-refractivity contribution < 1.29 is 9.47 Å². The molecule has 0 aliphatic rings. The molecule has 0 spiro atoms. The fourth-order valence-electron chi connectivity index (χ4n) is 3.40. The highest BCUT2D eigenvalue weighted by Gasteiger charge is 2.10. The zero-order chi connectivity index (χ0) is 20.2. The van der Waals surface area contributed by atoms with Gasteiger partial charge in [0.15, 0.2) is 0 Å². The van der Waals surface area contributed by atoms with E-state index in [0.29, 0.717) is 11.5 Å². The summed E-state index contributed by atoms with van der Waals surface area (Å²) in [6, 6.07) is 11.0. The molecule has 0 atom stereocenters. The third-order valence-electron chi connectivity index (χ3n) is 4.89. The molecular weight excluding hydrogens is 368 g/mol. The lowest BCUT2D eigenvalue weighted by Crippen LogP contribution is -2.14. The Labute approximate surface area is 168 Å². The van der Waals surface area contributed by atoms with Gasteiger partial charge < -0.3 is 14.0 Å². The van der Waals surface area contributed by atoms with Gasteiger partial charge in [0, 0.05) is 43.0 Å². The normalized spacial score (nSPS) is 11.0. The molecule has 148 valence electrons. The van der Waals surface area contributed by atoms with E-state index in [1.165, 1.54) is 0 Å². The van der Waals surface area contributed by atoms with Gasteiger partial charge in [0.05, 0.1) is 19.9 Å². The lowest BCUT2D eigenvalue weighted by Gasteiger charge is -2.11. The average Bonchev–Trinajstić information content (AvgIpc) is 3.18. The van der Waals surface area contributed by atoms with Gasteiger partial charge in [-0.05, 0) is 48.7 Å². The number of nitrogens with zero attached hydrogens (tertiary/aromatic N) is 4. The molecule has 7 heteroatoms. The van der Waals surface area contributed by atoms with Crippen LogP contribution in [0, 0.1) is 0 Å². The Kier molecular flexibility index (Phi) is 5.29. The van der Waals surface area contributed by atoms with Gasteiger partial charge >= 0.3 is 0 Å². The molecule has 0 fully saturated rings. The third-order valence-corrected chi connectivity index (χ3v) is 4.89. The fraction of sp³-hybridized carbons (Fsp3) is 0.227. The molecule has 1 aromatic carbocycles. The van der Waals surface area contributed by atoms with E-state index in [0.717, 1.165) is 42.0 Å². The number of aryl methyl sites for hydroxylation is 2. The van der Waals surface area contributed by atoms with E-state index in [9.17, 15) is 4.79 Å². The number of ether oxygens (including phenoxy) is 2. The summed E-state index contributed by atoms with van der Waals surface area (Å²) in [5.74, 6) is 2.28. The van der Waals surface area contributed by atoms with Crippen LogP contribution < -0.4 is 15.0 Å². The summed E-state index contributed by atoms with van der Waals surface area (Å²) in [6.07, 6.45) is 8.72. The summed E-state index contributed by atoms with van der Waals surface area (Å²) < 4.78 is 14.3. The Balaban J connectivity index is 1.58. The van der Waals surface area contributed by atoms with Crippen molar-refractivity contribution in [2.75, 3.05) is 14.2 Å². The van der Waals surface area contributed by atoms with Crippen molar-refractivity contribution in [1.82, 2.24) is 18.9 Å². The van der Waals surface area contributed by atoms with Crippen LogP contribution >= 0.6 is 0 Å². The molecular formula is C22H22N4O3. The number of rotatable bonds is 7. The van der Waals surface area contributed by atoms with E-state index >= 15 is 0 Å². The number of methoxy groups -OCH3 is 2. The summed E-state index contributed by atoms with van der Waals surface area (Å²) in [6.45, 7) is 0.725. The number of fused-ring (bicyclic) bond motifs is 1. The summed E-state index contributed by atoms with van der Waals surface area (Å²) in [7, 11) is 3.32. The molecule has 0 aliphatic carbocycles. The van der Waals surface area contributed by atoms with E-state index in [1.807, 2.05) is 41.1 Å². The highest BCUT2D eigenvalue weighted by atomic mass is 16.5. The minimum Gasteiger partial charge on any atom is -0.497 e. The van der Waals surface area contributed by atoms with Gasteiger partial charge in [-0.1, -0.05) is 0 Å². The van der Waals surface area contributed by atoms with Crippen LogP contribution in [0.5, 0.6) is 11.5 Å². The zero-order valence-corrected chi connectivity index (χ0v) is 16.4. The minimum absolute atomic E-state index is 0.102. The average molecular weight is 390 g/mol. The predicted molar refractivity (Wildman–Crippen MR) is 111 cm³/mol. The second-order valence-corrected chi connectivity index (χ2v) is 6.66. The SMILES string of the molecule is COc1ccc(OC)c(CCCn2ccn3c(=O)cc(-c4ccncc4)nc23)c1. The molecule has 29 heavy (non-hydrogen) atoms. The van der Waals surface area contributed by atoms with Crippen molar-refractivity contribution in [1.29, 1.82) is 0 Å². The Hall–Kier alpha value is -3.61. The summed E-state index contributed by atoms with van der Waals surface area (Å²) in [5.41, 5.74) is 2.50. The molecule has 0 aliphatic heterocycles. The van der Waals surface area contributed by atoms with Crippen LogP contribution in [0.15, 0.2) is 66.0 Å². The van der Waals surface area contributed by atoms with Crippen LogP contribution in [-0.4, -0.2) is 33.2 Å². The first kappa shape index (κ1) is 18.7. The van der Waals surface area contributed by atoms with Gasteiger partial charge in [0.2, 0.25) is 5.78 Å². The first-order valence-electron chi connectivity index (χ1n) is 9.39. The summed E-state index contributed by atoms with van der Waals surface area (Å²) in [4.78, 5) is 21.2. The van der Waals surface area contributed by atoms with Gasteiger partial charge in [-0.25, -0.2) is 4.98 Å². The maximum Gasteiger partial charge on any atom is 0.259 e. The number of hydrogen-bond donors (Lipinski definition) is 0. The second-order valence-electron chi connectivity index (χ2n) is 6.66. The van der Waals surface area contributed by atoms with E-state index in [-0.39, 0.29) is 5.56 Å². The van der Waals surface area contributed by atoms with E-state index in [1.54, 1.807) is 43.3 Å². The molecule has 4 rings (SSSR count). The van der Waals surface area contributed by atoms with Crippen LogP contribution in [0.4, 0.5) is 0 Å². The highest BCUT2D eigenvalue weighted by Crippen LogP contribution is 2.25. The lowest BCUT2D eigenvalue weighted by atomic mass is 10.1. The van der Waals surface area contributed by atoms with Crippen LogP contribution in [0.25, 0.3) is 17.0 Å². The first-order valence-corrected chi connectivity index (χ1v) is 9.39. The molecule has 4 aromatic rings. The Morgan fingerprint density at radius 3 is 2.59 bits per heavy atom. The monoisotopic (exact) mass is 390 g/mol. The standard InChI is InChI=1S/C22H22N4O3/c1-28-18-5-6-20(29-2)17(14-18)4-3-11-25-12-13-26-21(27)15-19(24-22(25)26)16-7-9-23-10-8-16/h5-10,12-15H,3-4,11H2,1-2H3. The van der Waals surface area contributed by atoms with Crippen molar-refractivity contribution in [2.45, 2.75) is 19.4 Å². The minimum atomic E-state index is -0.102.